The van der Waals surface area contributed by atoms with Gasteiger partial charge in [0.25, 0.3) is 0 Å². The van der Waals surface area contributed by atoms with Crippen molar-refractivity contribution in [3.8, 4) is 0 Å². The Morgan fingerprint density at radius 1 is 1.19 bits per heavy atom. The second-order valence-corrected chi connectivity index (χ2v) is 4.43. The van der Waals surface area contributed by atoms with E-state index in [4.69, 9.17) is 0 Å². The molecule has 2 heterocycles. The fourth-order valence-corrected chi connectivity index (χ4v) is 1.93. The summed E-state index contributed by atoms with van der Waals surface area (Å²) in [6.07, 6.45) is 5.36. The number of nitrogens with one attached hydrogen (secondary N) is 1. The largest absolute Gasteiger partial charge is 0.481 e. The maximum absolute atomic E-state index is 11.4. The molecule has 0 aliphatic carbocycles. The number of nitrogens with zero attached hydrogens (tertiary/aromatic N) is 3. The minimum Gasteiger partial charge on any atom is -0.481 e. The molecule has 2 aromatic heterocycles. The van der Waals surface area contributed by atoms with Crippen molar-refractivity contribution in [3.63, 3.8) is 0 Å². The zero-order chi connectivity index (χ0) is 20.5. The molecule has 0 aliphatic heterocycles. The van der Waals surface area contributed by atoms with E-state index in [-0.39, 0.29) is 32.7 Å². The molecule has 1 radical (unpaired) electrons. The van der Waals surface area contributed by atoms with Crippen LogP contribution in [0, 0.1) is 6.92 Å². The number of aromatic nitrogens is 3. The number of carbonyl (C=O) groups is 1. The summed E-state index contributed by atoms with van der Waals surface area (Å²) in [6, 6.07) is 3.69. The zero-order valence-electron chi connectivity index (χ0n) is 17.9. The summed E-state index contributed by atoms with van der Waals surface area (Å²) in [5, 5.41) is 12.3. The molecule has 0 bridgehead atoms. The Labute approximate surface area is 190 Å². The SMILES string of the molecule is CC.CC.CC.[CH2-]Cn1cnc(C(Cc2ccc(NC)nc2)C(=O)O)c1.[Y]. The smallest absolute Gasteiger partial charge is 0.312 e. The van der Waals surface area contributed by atoms with Crippen molar-refractivity contribution < 1.29 is 42.6 Å². The Kier molecular flexibility index (Phi) is 22.0. The van der Waals surface area contributed by atoms with Gasteiger partial charge in [-0.1, -0.05) is 47.6 Å². The Morgan fingerprint density at radius 2 is 1.78 bits per heavy atom. The van der Waals surface area contributed by atoms with Crippen molar-refractivity contribution in [2.45, 2.75) is 60.4 Å². The van der Waals surface area contributed by atoms with Gasteiger partial charge in [0.1, 0.15) is 11.7 Å². The first kappa shape index (κ1) is 30.5. The molecule has 0 aromatic carbocycles. The summed E-state index contributed by atoms with van der Waals surface area (Å²) in [5.41, 5.74) is 1.40. The molecule has 27 heavy (non-hydrogen) atoms. The molecular weight excluding hydrogens is 417 g/mol. The fraction of sp³-hybridized carbons (Fsp3) is 0.500. The molecule has 0 aliphatic rings. The average Bonchev–Trinajstić information content (AvgIpc) is 3.20. The molecule has 1 atom stereocenters. The summed E-state index contributed by atoms with van der Waals surface area (Å²) in [6.45, 7) is 16.3. The Bertz CT molecular complexity index is 586. The molecule has 0 saturated heterocycles. The minimum atomic E-state index is -0.892. The van der Waals surface area contributed by atoms with E-state index in [2.05, 4.69) is 22.2 Å². The molecular formula is C20H35N4O2Y-. The van der Waals surface area contributed by atoms with Gasteiger partial charge >= 0.3 is 5.97 Å². The molecule has 0 saturated carbocycles. The summed E-state index contributed by atoms with van der Waals surface area (Å²) in [4.78, 5) is 19.8. The van der Waals surface area contributed by atoms with Gasteiger partial charge in [0.05, 0.1) is 12.0 Å². The van der Waals surface area contributed by atoms with Gasteiger partial charge in [0.2, 0.25) is 0 Å². The van der Waals surface area contributed by atoms with E-state index >= 15 is 0 Å². The number of imidazole rings is 1. The Morgan fingerprint density at radius 3 is 2.15 bits per heavy atom. The molecule has 2 N–H and O–H groups in total. The van der Waals surface area contributed by atoms with Gasteiger partial charge in [0.15, 0.2) is 0 Å². The normalized spacial score (nSPS) is 9.63. The van der Waals surface area contributed by atoms with Gasteiger partial charge in [-0.2, -0.15) is 0 Å². The van der Waals surface area contributed by atoms with Crippen LogP contribution in [-0.4, -0.2) is 32.7 Å². The zero-order valence-corrected chi connectivity index (χ0v) is 20.7. The summed E-state index contributed by atoms with van der Waals surface area (Å²) >= 11 is 0. The Hall–Kier alpha value is -1.27. The predicted octanol–water partition coefficient (Wildman–Crippen LogP) is 4.64. The van der Waals surface area contributed by atoms with Crippen molar-refractivity contribution >= 4 is 11.8 Å². The van der Waals surface area contributed by atoms with Crippen molar-refractivity contribution in [2.75, 3.05) is 12.4 Å². The number of hydrogen-bond acceptors (Lipinski definition) is 4. The van der Waals surface area contributed by atoms with E-state index in [1.807, 2.05) is 53.7 Å². The van der Waals surface area contributed by atoms with Crippen LogP contribution in [0.4, 0.5) is 5.82 Å². The van der Waals surface area contributed by atoms with E-state index < -0.39 is 11.9 Å². The molecule has 0 amide bonds. The number of hydrogen-bond donors (Lipinski definition) is 2. The number of anilines is 1. The fourth-order valence-electron chi connectivity index (χ4n) is 1.93. The van der Waals surface area contributed by atoms with Gasteiger partial charge in [-0.15, -0.1) is 6.54 Å². The first-order valence-corrected chi connectivity index (χ1v) is 9.30. The maximum atomic E-state index is 11.4. The number of aliphatic carboxylic acids is 1. The van der Waals surface area contributed by atoms with Gasteiger partial charge in [-0.3, -0.25) is 4.79 Å². The molecule has 1 unspecified atom stereocenters. The van der Waals surface area contributed by atoms with Crippen LogP contribution >= 0.6 is 0 Å². The van der Waals surface area contributed by atoms with Crippen LogP contribution in [0.15, 0.2) is 30.9 Å². The summed E-state index contributed by atoms with van der Waals surface area (Å²) < 4.78 is 1.76. The van der Waals surface area contributed by atoms with Crippen LogP contribution in [-0.2, 0) is 50.5 Å². The first-order chi connectivity index (χ1) is 12.6. The van der Waals surface area contributed by atoms with Crippen molar-refractivity contribution in [1.29, 1.82) is 0 Å². The topological polar surface area (TPSA) is 80.0 Å². The predicted molar refractivity (Wildman–Crippen MR) is 109 cm³/mol. The van der Waals surface area contributed by atoms with Gasteiger partial charge in [-0.05, 0) is 18.1 Å². The number of carboxylic acid groups (broad SMARTS) is 1. The second kappa shape index (κ2) is 19.5. The van der Waals surface area contributed by atoms with E-state index in [9.17, 15) is 9.90 Å². The van der Waals surface area contributed by atoms with E-state index in [0.717, 1.165) is 11.4 Å². The van der Waals surface area contributed by atoms with Gasteiger partial charge in [-0.25, -0.2) is 9.97 Å². The Balaban J connectivity index is -0.000000749. The summed E-state index contributed by atoms with van der Waals surface area (Å²) in [5.74, 6) is -0.816. The van der Waals surface area contributed by atoms with Gasteiger partial charge < -0.3 is 21.9 Å². The van der Waals surface area contributed by atoms with E-state index in [1.54, 1.807) is 30.3 Å². The monoisotopic (exact) mass is 452 g/mol. The van der Waals surface area contributed by atoms with Crippen LogP contribution in [0.5, 0.6) is 0 Å². The third-order valence-electron chi connectivity index (χ3n) is 3.09. The third-order valence-corrected chi connectivity index (χ3v) is 3.09. The quantitative estimate of drug-likeness (QED) is 0.625. The first-order valence-electron chi connectivity index (χ1n) is 9.30. The van der Waals surface area contributed by atoms with Crippen LogP contribution < -0.4 is 5.32 Å². The second-order valence-electron chi connectivity index (χ2n) is 4.43. The van der Waals surface area contributed by atoms with Crippen LogP contribution in [0.2, 0.25) is 0 Å². The van der Waals surface area contributed by atoms with E-state index in [0.29, 0.717) is 18.7 Å². The van der Waals surface area contributed by atoms with Crippen LogP contribution in [0.25, 0.3) is 0 Å². The van der Waals surface area contributed by atoms with Crippen molar-refractivity contribution in [2.24, 2.45) is 0 Å². The number of rotatable bonds is 6. The third kappa shape index (κ3) is 11.2. The van der Waals surface area contributed by atoms with Crippen molar-refractivity contribution in [3.05, 3.63) is 49.0 Å². The maximum Gasteiger partial charge on any atom is 0.312 e. The van der Waals surface area contributed by atoms with Crippen molar-refractivity contribution in [1.82, 2.24) is 14.5 Å². The van der Waals surface area contributed by atoms with Crippen LogP contribution in [0.3, 0.4) is 0 Å². The molecule has 2 aromatic rings. The standard InChI is InChI=1S/C14H17N4O2.3C2H6.Y/c1-3-18-8-12(17-9-18)11(14(19)20)6-10-4-5-13(15-2)16-7-10;3*1-2;/h4-5,7-9,11H,1,3,6H2,2H3,(H,15,16)(H,19,20);3*1-2H3;/q-1;;;;. The average molecular weight is 452 g/mol. The summed E-state index contributed by atoms with van der Waals surface area (Å²) in [7, 11) is 1.79. The minimum absolute atomic E-state index is 0. The van der Waals surface area contributed by atoms with E-state index in [1.165, 1.54) is 0 Å². The molecule has 151 valence electrons. The number of carboxylic acids is 1. The molecule has 0 fully saturated rings. The number of pyridine rings is 1. The molecule has 0 spiro atoms. The molecule has 2 rings (SSSR count). The molecule has 7 heteroatoms. The van der Waals surface area contributed by atoms with Crippen LogP contribution in [0.1, 0.15) is 58.7 Å². The molecule has 6 nitrogen and oxygen atoms in total. The van der Waals surface area contributed by atoms with Gasteiger partial charge in [0, 0.05) is 52.2 Å².